The zero-order valence-corrected chi connectivity index (χ0v) is 5.63. The van der Waals surface area contributed by atoms with Crippen LogP contribution in [0.3, 0.4) is 0 Å². The number of aromatic nitrogens is 1. The molecular weight excluding hydrogens is 128 g/mol. The van der Waals surface area contributed by atoms with Crippen molar-refractivity contribution in [3.63, 3.8) is 0 Å². The molecule has 0 bridgehead atoms. The van der Waals surface area contributed by atoms with Crippen molar-refractivity contribution in [1.82, 2.24) is 4.98 Å². The summed E-state index contributed by atoms with van der Waals surface area (Å²) in [6.07, 6.45) is 2.35. The van der Waals surface area contributed by atoms with Crippen LogP contribution >= 0.6 is 0 Å². The predicted molar refractivity (Wildman–Crippen MR) is 39.0 cm³/mol. The predicted octanol–water partition coefficient (Wildman–Crippen LogP) is 0.825. The average molecular weight is 138 g/mol. The van der Waals surface area contributed by atoms with Crippen LogP contribution in [-0.2, 0) is 4.74 Å². The van der Waals surface area contributed by atoms with Gasteiger partial charge in [0.1, 0.15) is 5.82 Å². The lowest BCUT2D eigenvalue weighted by Crippen LogP contribution is -2.07. The molecule has 3 heteroatoms. The topological polar surface area (TPSA) is 40.4 Å². The van der Waals surface area contributed by atoms with E-state index >= 15 is 0 Å². The van der Waals surface area contributed by atoms with Gasteiger partial charge < -0.3 is 15.0 Å². The second-order valence-electron chi connectivity index (χ2n) is 2.42. The fourth-order valence-corrected chi connectivity index (χ4v) is 0.850. The van der Waals surface area contributed by atoms with Crippen LogP contribution in [0.2, 0.25) is 0 Å². The summed E-state index contributed by atoms with van der Waals surface area (Å²) in [6, 6.07) is 3.97. The van der Waals surface area contributed by atoms with Crippen LogP contribution in [0.5, 0.6) is 0 Å². The van der Waals surface area contributed by atoms with Crippen molar-refractivity contribution in [2.75, 3.05) is 18.5 Å². The highest BCUT2D eigenvalue weighted by atomic mass is 16.6. The van der Waals surface area contributed by atoms with E-state index in [4.69, 9.17) is 4.74 Å². The van der Waals surface area contributed by atoms with E-state index in [-0.39, 0.29) is 0 Å². The number of hydrogen-bond donors (Lipinski definition) is 2. The van der Waals surface area contributed by atoms with Crippen LogP contribution in [0.4, 0.5) is 5.82 Å². The molecule has 1 aromatic heterocycles. The maximum absolute atomic E-state index is 5.03. The van der Waals surface area contributed by atoms with Gasteiger partial charge in [0.05, 0.1) is 12.7 Å². The Morgan fingerprint density at radius 2 is 2.70 bits per heavy atom. The zero-order valence-electron chi connectivity index (χ0n) is 5.63. The number of hydrogen-bond acceptors (Lipinski definition) is 2. The Morgan fingerprint density at radius 3 is 3.30 bits per heavy atom. The molecule has 1 unspecified atom stereocenters. The van der Waals surface area contributed by atoms with Crippen LogP contribution < -0.4 is 5.32 Å². The molecule has 0 spiro atoms. The number of H-pyrrole nitrogens is 1. The minimum atomic E-state index is 0.447. The molecule has 3 nitrogen and oxygen atoms in total. The summed E-state index contributed by atoms with van der Waals surface area (Å²) in [5, 5.41) is 3.21. The molecule has 1 fully saturated rings. The average Bonchev–Trinajstić information content (AvgIpc) is 2.63. The van der Waals surface area contributed by atoms with Gasteiger partial charge in [0.15, 0.2) is 0 Å². The first kappa shape index (κ1) is 5.80. The number of epoxide rings is 1. The van der Waals surface area contributed by atoms with E-state index in [0.717, 1.165) is 19.0 Å². The third-order valence-corrected chi connectivity index (χ3v) is 1.52. The summed E-state index contributed by atoms with van der Waals surface area (Å²) in [7, 11) is 0. The van der Waals surface area contributed by atoms with E-state index in [0.29, 0.717) is 6.10 Å². The van der Waals surface area contributed by atoms with Crippen LogP contribution in [0, 0.1) is 0 Å². The number of ether oxygens (including phenoxy) is 1. The highest BCUT2D eigenvalue weighted by Crippen LogP contribution is 2.09. The van der Waals surface area contributed by atoms with Gasteiger partial charge in [-0.2, -0.15) is 0 Å². The van der Waals surface area contributed by atoms with Gasteiger partial charge in [-0.1, -0.05) is 0 Å². The summed E-state index contributed by atoms with van der Waals surface area (Å²) in [4.78, 5) is 3.05. The summed E-state index contributed by atoms with van der Waals surface area (Å²) in [5.41, 5.74) is 0. The first-order valence-electron chi connectivity index (χ1n) is 3.44. The molecule has 2 heterocycles. The molecule has 1 aliphatic rings. The van der Waals surface area contributed by atoms with Gasteiger partial charge in [-0.05, 0) is 12.1 Å². The van der Waals surface area contributed by atoms with Crippen molar-refractivity contribution in [3.8, 4) is 0 Å². The molecule has 0 radical (unpaired) electrons. The van der Waals surface area contributed by atoms with Gasteiger partial charge in [-0.3, -0.25) is 0 Å². The molecular formula is C7H10N2O. The lowest BCUT2D eigenvalue weighted by Gasteiger charge is -1.98. The fraction of sp³-hybridized carbons (Fsp3) is 0.429. The Labute approximate surface area is 59.4 Å². The van der Waals surface area contributed by atoms with Crippen molar-refractivity contribution in [1.29, 1.82) is 0 Å². The first-order valence-corrected chi connectivity index (χ1v) is 3.44. The second kappa shape index (κ2) is 2.34. The van der Waals surface area contributed by atoms with E-state index in [1.807, 2.05) is 18.3 Å². The molecule has 0 aliphatic carbocycles. The summed E-state index contributed by atoms with van der Waals surface area (Å²) < 4.78 is 5.03. The molecule has 2 N–H and O–H groups in total. The van der Waals surface area contributed by atoms with Crippen molar-refractivity contribution in [3.05, 3.63) is 18.3 Å². The maximum atomic E-state index is 5.03. The third kappa shape index (κ3) is 1.30. The summed E-state index contributed by atoms with van der Waals surface area (Å²) in [5.74, 6) is 1.07. The largest absolute Gasteiger partial charge is 0.371 e. The summed E-state index contributed by atoms with van der Waals surface area (Å²) >= 11 is 0. The highest BCUT2D eigenvalue weighted by Gasteiger charge is 2.21. The first-order chi connectivity index (χ1) is 4.95. The van der Waals surface area contributed by atoms with Gasteiger partial charge in [-0.25, -0.2) is 0 Å². The normalized spacial score (nSPS) is 22.6. The molecule has 54 valence electrons. The Bertz CT molecular complexity index is 191. The van der Waals surface area contributed by atoms with Crippen molar-refractivity contribution in [2.24, 2.45) is 0 Å². The standard InChI is InChI=1S/C7H10N2O/c1-2-7(8-3-1)9-4-6-5-10-6/h1-3,6,8-9H,4-5H2. The molecule has 1 atom stereocenters. The van der Waals surface area contributed by atoms with E-state index in [1.54, 1.807) is 0 Å². The van der Waals surface area contributed by atoms with Crippen molar-refractivity contribution < 1.29 is 4.74 Å². The molecule has 1 saturated heterocycles. The van der Waals surface area contributed by atoms with Gasteiger partial charge in [0.2, 0.25) is 0 Å². The van der Waals surface area contributed by atoms with Crippen LogP contribution in [0.25, 0.3) is 0 Å². The van der Waals surface area contributed by atoms with E-state index in [2.05, 4.69) is 10.3 Å². The van der Waals surface area contributed by atoms with Crippen LogP contribution in [0.1, 0.15) is 0 Å². The Hall–Kier alpha value is -0.960. The van der Waals surface area contributed by atoms with Crippen molar-refractivity contribution >= 4 is 5.82 Å². The lowest BCUT2D eigenvalue weighted by atomic mass is 10.5. The molecule has 0 aromatic carbocycles. The second-order valence-corrected chi connectivity index (χ2v) is 2.42. The van der Waals surface area contributed by atoms with E-state index < -0.39 is 0 Å². The van der Waals surface area contributed by atoms with E-state index in [9.17, 15) is 0 Å². The smallest absolute Gasteiger partial charge is 0.103 e. The Morgan fingerprint density at radius 1 is 1.80 bits per heavy atom. The molecule has 2 rings (SSSR count). The molecule has 1 aromatic rings. The molecule has 10 heavy (non-hydrogen) atoms. The van der Waals surface area contributed by atoms with Gasteiger partial charge in [0.25, 0.3) is 0 Å². The van der Waals surface area contributed by atoms with Gasteiger partial charge in [0, 0.05) is 12.7 Å². The fourth-order valence-electron chi connectivity index (χ4n) is 0.850. The molecule has 1 aliphatic heterocycles. The van der Waals surface area contributed by atoms with Crippen LogP contribution in [0.15, 0.2) is 18.3 Å². The summed E-state index contributed by atoms with van der Waals surface area (Å²) in [6.45, 7) is 1.83. The SMILES string of the molecule is c1c[nH]c(NCC2CO2)c1. The minimum absolute atomic E-state index is 0.447. The monoisotopic (exact) mass is 138 g/mol. The minimum Gasteiger partial charge on any atom is -0.371 e. The Balaban J connectivity index is 1.79. The lowest BCUT2D eigenvalue weighted by molar-refractivity contribution is 0.416. The highest BCUT2D eigenvalue weighted by molar-refractivity contribution is 5.34. The molecule has 0 amide bonds. The number of nitrogens with one attached hydrogen (secondary N) is 2. The number of aromatic amines is 1. The molecule has 0 saturated carbocycles. The van der Waals surface area contributed by atoms with Crippen molar-refractivity contribution in [2.45, 2.75) is 6.10 Å². The third-order valence-electron chi connectivity index (χ3n) is 1.52. The number of anilines is 1. The van der Waals surface area contributed by atoms with Gasteiger partial charge >= 0.3 is 0 Å². The van der Waals surface area contributed by atoms with Gasteiger partial charge in [-0.15, -0.1) is 0 Å². The van der Waals surface area contributed by atoms with Crippen LogP contribution in [-0.4, -0.2) is 24.2 Å². The number of rotatable bonds is 3. The van der Waals surface area contributed by atoms with E-state index in [1.165, 1.54) is 0 Å². The Kier molecular flexibility index (Phi) is 1.36. The maximum Gasteiger partial charge on any atom is 0.103 e. The zero-order chi connectivity index (χ0) is 6.81. The quantitative estimate of drug-likeness (QED) is 0.607.